The molecule has 1 atom stereocenters. The molecule has 0 aliphatic carbocycles. The average Bonchev–Trinajstić information content (AvgIpc) is 2.30. The molecular weight excluding hydrogens is 210 g/mol. The van der Waals surface area contributed by atoms with Crippen LogP contribution >= 0.6 is 0 Å². The van der Waals surface area contributed by atoms with Gasteiger partial charge in [0.2, 0.25) is 0 Å². The summed E-state index contributed by atoms with van der Waals surface area (Å²) in [4.78, 5) is 11.5. The number of carbonyl (C=O) groups excluding carboxylic acids is 1. The lowest BCUT2D eigenvalue weighted by atomic mass is 10.1. The highest BCUT2D eigenvalue weighted by molar-refractivity contribution is 5.97. The van der Waals surface area contributed by atoms with Crippen LogP contribution in [0.15, 0.2) is 18.2 Å². The van der Waals surface area contributed by atoms with Crippen molar-refractivity contribution in [1.29, 1.82) is 0 Å². The zero-order chi connectivity index (χ0) is 11.5. The van der Waals surface area contributed by atoms with Gasteiger partial charge in [0.05, 0.1) is 12.3 Å². The van der Waals surface area contributed by atoms with E-state index in [1.54, 1.807) is 18.2 Å². The molecule has 1 aliphatic rings. The fourth-order valence-corrected chi connectivity index (χ4v) is 1.60. The molecule has 2 rings (SSSR count). The van der Waals surface area contributed by atoms with E-state index in [9.17, 15) is 4.79 Å². The molecule has 5 heteroatoms. The van der Waals surface area contributed by atoms with Crippen molar-refractivity contribution in [1.82, 2.24) is 0 Å². The second-order valence-corrected chi connectivity index (χ2v) is 3.60. The Morgan fingerprint density at radius 2 is 2.19 bits per heavy atom. The van der Waals surface area contributed by atoms with Crippen LogP contribution in [0.5, 0.6) is 5.75 Å². The van der Waals surface area contributed by atoms with E-state index in [4.69, 9.17) is 14.9 Å². The summed E-state index contributed by atoms with van der Waals surface area (Å²) < 4.78 is 5.43. The first-order valence-corrected chi connectivity index (χ1v) is 5.06. The van der Waals surface area contributed by atoms with Gasteiger partial charge < -0.3 is 20.3 Å². The van der Waals surface area contributed by atoms with Gasteiger partial charge in [0.15, 0.2) is 6.10 Å². The molecule has 5 nitrogen and oxygen atoms in total. The van der Waals surface area contributed by atoms with Crippen LogP contribution in [0.1, 0.15) is 12.0 Å². The summed E-state index contributed by atoms with van der Waals surface area (Å²) in [6.45, 7) is -0.175. The van der Waals surface area contributed by atoms with E-state index < -0.39 is 6.10 Å². The van der Waals surface area contributed by atoms with Gasteiger partial charge in [-0.05, 0) is 17.7 Å². The van der Waals surface area contributed by atoms with Crippen molar-refractivity contribution in [2.24, 2.45) is 0 Å². The molecule has 0 bridgehead atoms. The van der Waals surface area contributed by atoms with Crippen molar-refractivity contribution in [3.05, 3.63) is 23.8 Å². The molecule has 1 aromatic rings. The summed E-state index contributed by atoms with van der Waals surface area (Å²) in [6.07, 6.45) is -0.370. The first kappa shape index (κ1) is 10.9. The number of aliphatic hydroxyl groups excluding tert-OH is 2. The predicted molar refractivity (Wildman–Crippen MR) is 57.1 cm³/mol. The molecule has 3 N–H and O–H groups in total. The number of rotatable bonds is 3. The summed E-state index contributed by atoms with van der Waals surface area (Å²) in [5.41, 5.74) is 1.27. The number of fused-ring (bicyclic) bond motifs is 1. The van der Waals surface area contributed by atoms with Crippen molar-refractivity contribution in [3.63, 3.8) is 0 Å². The van der Waals surface area contributed by atoms with Gasteiger partial charge >= 0.3 is 0 Å². The molecule has 1 aliphatic heterocycles. The summed E-state index contributed by atoms with van der Waals surface area (Å²) in [5.74, 6) is 0.298. The van der Waals surface area contributed by atoms with Crippen molar-refractivity contribution < 1.29 is 19.7 Å². The van der Waals surface area contributed by atoms with Crippen LogP contribution in [-0.4, -0.2) is 28.8 Å². The van der Waals surface area contributed by atoms with Crippen LogP contribution in [0.3, 0.4) is 0 Å². The lowest BCUT2D eigenvalue weighted by Gasteiger charge is -2.25. The van der Waals surface area contributed by atoms with Crippen molar-refractivity contribution in [3.8, 4) is 5.75 Å². The highest BCUT2D eigenvalue weighted by Crippen LogP contribution is 2.31. The summed E-state index contributed by atoms with van der Waals surface area (Å²) in [6, 6.07) is 5.10. The van der Waals surface area contributed by atoms with Gasteiger partial charge in [-0.15, -0.1) is 0 Å². The maximum Gasteiger partial charge on any atom is 0.265 e. The second-order valence-electron chi connectivity index (χ2n) is 3.60. The Morgan fingerprint density at radius 3 is 2.88 bits per heavy atom. The third-order valence-corrected chi connectivity index (χ3v) is 2.44. The van der Waals surface area contributed by atoms with E-state index in [2.05, 4.69) is 5.32 Å². The highest BCUT2D eigenvalue weighted by Gasteiger charge is 2.26. The Hall–Kier alpha value is -1.59. The quantitative estimate of drug-likeness (QED) is 0.686. The SMILES string of the molecule is O=C1Nc2cc(CO)ccc2O[C@H]1CCO. The molecule has 0 saturated carbocycles. The van der Waals surface area contributed by atoms with E-state index in [-0.39, 0.29) is 25.5 Å². The third-order valence-electron chi connectivity index (χ3n) is 2.44. The molecule has 1 aromatic carbocycles. The summed E-state index contributed by atoms with van der Waals surface area (Å²) in [7, 11) is 0. The minimum Gasteiger partial charge on any atom is -0.478 e. The smallest absolute Gasteiger partial charge is 0.265 e. The number of hydrogen-bond donors (Lipinski definition) is 3. The number of carbonyl (C=O) groups is 1. The minimum atomic E-state index is -0.641. The van der Waals surface area contributed by atoms with E-state index in [0.717, 1.165) is 0 Å². The van der Waals surface area contributed by atoms with Gasteiger partial charge in [-0.2, -0.15) is 0 Å². The number of hydrogen-bond acceptors (Lipinski definition) is 4. The summed E-state index contributed by atoms with van der Waals surface area (Å²) in [5, 5.41) is 20.4. The zero-order valence-electron chi connectivity index (χ0n) is 8.64. The fraction of sp³-hybridized carbons (Fsp3) is 0.364. The number of benzene rings is 1. The number of amides is 1. The van der Waals surface area contributed by atoms with Crippen LogP contribution < -0.4 is 10.1 Å². The molecule has 0 saturated heterocycles. The van der Waals surface area contributed by atoms with Gasteiger partial charge in [0, 0.05) is 13.0 Å². The number of ether oxygens (including phenoxy) is 1. The maximum absolute atomic E-state index is 11.5. The van der Waals surface area contributed by atoms with Gasteiger partial charge in [-0.3, -0.25) is 4.79 Å². The van der Waals surface area contributed by atoms with E-state index in [1.807, 2.05) is 0 Å². The molecule has 0 fully saturated rings. The third kappa shape index (κ3) is 2.00. The molecule has 1 amide bonds. The molecule has 0 radical (unpaired) electrons. The first-order valence-electron chi connectivity index (χ1n) is 5.06. The molecule has 86 valence electrons. The number of aliphatic hydroxyl groups is 2. The minimum absolute atomic E-state index is 0.0801. The van der Waals surface area contributed by atoms with Gasteiger partial charge in [0.1, 0.15) is 5.75 Å². The Balaban J connectivity index is 2.24. The van der Waals surface area contributed by atoms with Crippen molar-refractivity contribution in [2.75, 3.05) is 11.9 Å². The Kier molecular flexibility index (Phi) is 3.07. The molecule has 1 heterocycles. The second kappa shape index (κ2) is 4.51. The van der Waals surface area contributed by atoms with Crippen LogP contribution in [0, 0.1) is 0 Å². The predicted octanol–water partition coefficient (Wildman–Crippen LogP) is 0.261. The number of nitrogens with one attached hydrogen (secondary N) is 1. The molecule has 0 spiro atoms. The fourth-order valence-electron chi connectivity index (χ4n) is 1.60. The normalized spacial score (nSPS) is 18.6. The lowest BCUT2D eigenvalue weighted by molar-refractivity contribution is -0.124. The Morgan fingerprint density at radius 1 is 1.38 bits per heavy atom. The van der Waals surface area contributed by atoms with Crippen molar-refractivity contribution in [2.45, 2.75) is 19.1 Å². The van der Waals surface area contributed by atoms with E-state index >= 15 is 0 Å². The van der Waals surface area contributed by atoms with Crippen molar-refractivity contribution >= 4 is 11.6 Å². The first-order chi connectivity index (χ1) is 7.74. The lowest BCUT2D eigenvalue weighted by Crippen LogP contribution is -2.37. The molecule has 0 unspecified atom stereocenters. The topological polar surface area (TPSA) is 78.8 Å². The Bertz CT molecular complexity index is 405. The number of anilines is 1. The molecule has 0 aromatic heterocycles. The maximum atomic E-state index is 11.5. The van der Waals surface area contributed by atoms with E-state index in [0.29, 0.717) is 17.0 Å². The highest BCUT2D eigenvalue weighted by atomic mass is 16.5. The van der Waals surface area contributed by atoms with Gasteiger partial charge in [-0.1, -0.05) is 6.07 Å². The zero-order valence-corrected chi connectivity index (χ0v) is 8.64. The van der Waals surface area contributed by atoms with Crippen LogP contribution in [0.2, 0.25) is 0 Å². The van der Waals surface area contributed by atoms with Crippen LogP contribution in [0.25, 0.3) is 0 Å². The largest absolute Gasteiger partial charge is 0.478 e. The monoisotopic (exact) mass is 223 g/mol. The Labute approximate surface area is 92.7 Å². The summed E-state index contributed by atoms with van der Waals surface area (Å²) >= 11 is 0. The van der Waals surface area contributed by atoms with Gasteiger partial charge in [-0.25, -0.2) is 0 Å². The van der Waals surface area contributed by atoms with Crippen LogP contribution in [0.4, 0.5) is 5.69 Å². The molecule has 16 heavy (non-hydrogen) atoms. The standard InChI is InChI=1S/C11H13NO4/c13-4-3-10-11(15)12-8-5-7(6-14)1-2-9(8)16-10/h1-2,5,10,13-14H,3-4,6H2,(H,12,15)/t10-/m0/s1. The van der Waals surface area contributed by atoms with Gasteiger partial charge in [0.25, 0.3) is 5.91 Å². The molecular formula is C11H13NO4. The van der Waals surface area contributed by atoms with E-state index in [1.165, 1.54) is 0 Å². The average molecular weight is 223 g/mol. The van der Waals surface area contributed by atoms with Crippen LogP contribution in [-0.2, 0) is 11.4 Å².